The maximum Gasteiger partial charge on any atom is 0.195 e. The van der Waals surface area contributed by atoms with E-state index in [-0.39, 0.29) is 5.78 Å². The monoisotopic (exact) mass is 558 g/mol. The summed E-state index contributed by atoms with van der Waals surface area (Å²) < 4.78 is 17.8. The Morgan fingerprint density at radius 2 is 1.46 bits per heavy atom. The number of pyridine rings is 2. The number of aromatic nitrogens is 2. The molecule has 0 saturated heterocycles. The van der Waals surface area contributed by atoms with Crippen LogP contribution in [0.4, 0.5) is 0 Å². The number of nitrogens with zero attached hydrogens (tertiary/aromatic N) is 2. The van der Waals surface area contributed by atoms with Crippen molar-refractivity contribution in [3.63, 3.8) is 0 Å². The van der Waals surface area contributed by atoms with Crippen molar-refractivity contribution in [1.29, 1.82) is 0 Å². The zero-order valence-corrected chi connectivity index (χ0v) is 23.4. The van der Waals surface area contributed by atoms with E-state index in [1.807, 2.05) is 97.1 Å². The van der Waals surface area contributed by atoms with Gasteiger partial charge in [-0.25, -0.2) is 0 Å². The van der Waals surface area contributed by atoms with Crippen molar-refractivity contribution in [3.8, 4) is 39.1 Å². The number of benzene rings is 3. The summed E-state index contributed by atoms with van der Waals surface area (Å²) in [6.07, 6.45) is 3.50. The van der Waals surface area contributed by atoms with Crippen molar-refractivity contribution in [1.82, 2.24) is 9.97 Å². The van der Waals surface area contributed by atoms with Crippen LogP contribution in [0.2, 0.25) is 0 Å². The van der Waals surface area contributed by atoms with Gasteiger partial charge < -0.3 is 14.2 Å². The van der Waals surface area contributed by atoms with E-state index in [9.17, 15) is 4.79 Å². The fourth-order valence-corrected chi connectivity index (χ4v) is 5.84. The number of ketones is 1. The SMILES string of the molecule is COc1ccc(-c2sc3cc(OC)ccc3c2C(=O)c2ccc(OCc3ccnc(-c4ccccn4)c3)cc2)cc1. The van der Waals surface area contributed by atoms with E-state index in [2.05, 4.69) is 9.97 Å². The van der Waals surface area contributed by atoms with Crippen molar-refractivity contribution in [2.75, 3.05) is 14.2 Å². The molecular weight excluding hydrogens is 532 g/mol. The first-order valence-corrected chi connectivity index (χ1v) is 13.8. The summed E-state index contributed by atoms with van der Waals surface area (Å²) in [5, 5.41) is 0.897. The van der Waals surface area contributed by atoms with Crippen LogP contribution in [0.25, 0.3) is 31.9 Å². The second-order valence-electron chi connectivity index (χ2n) is 9.30. The standard InChI is InChI=1S/C34H26N2O4S/c1-38-25-10-8-24(9-11-25)34-32(28-15-14-27(39-2)20-31(28)41-34)33(37)23-6-12-26(13-7-23)40-21-22-16-18-36-30(19-22)29-5-3-4-17-35-29/h3-20H,21H2,1-2H3. The minimum Gasteiger partial charge on any atom is -0.497 e. The lowest BCUT2D eigenvalue weighted by atomic mass is 9.97. The number of methoxy groups -OCH3 is 2. The minimum absolute atomic E-state index is 0.0482. The molecule has 0 radical (unpaired) electrons. The molecular formula is C34H26N2O4S. The molecule has 0 bridgehead atoms. The van der Waals surface area contributed by atoms with Gasteiger partial charge in [-0.05, 0) is 102 Å². The number of carbonyl (C=O) groups excluding carboxylic acids is 1. The van der Waals surface area contributed by atoms with Crippen LogP contribution < -0.4 is 14.2 Å². The second-order valence-corrected chi connectivity index (χ2v) is 10.4. The Morgan fingerprint density at radius 1 is 0.732 bits per heavy atom. The highest BCUT2D eigenvalue weighted by Crippen LogP contribution is 2.41. The molecule has 0 unspecified atom stereocenters. The Hall–Kier alpha value is -5.01. The Morgan fingerprint density at radius 3 is 2.20 bits per heavy atom. The molecule has 0 aliphatic carbocycles. The van der Waals surface area contributed by atoms with Crippen molar-refractivity contribution >= 4 is 27.2 Å². The van der Waals surface area contributed by atoms with Crippen LogP contribution in [0.1, 0.15) is 21.5 Å². The van der Waals surface area contributed by atoms with Gasteiger partial charge in [-0.1, -0.05) is 6.07 Å². The third-order valence-electron chi connectivity index (χ3n) is 6.75. The van der Waals surface area contributed by atoms with Crippen molar-refractivity contribution in [2.45, 2.75) is 6.61 Å². The molecule has 0 atom stereocenters. The number of carbonyl (C=O) groups is 1. The Bertz CT molecular complexity index is 1810. The highest BCUT2D eigenvalue weighted by molar-refractivity contribution is 7.22. The van der Waals surface area contributed by atoms with Gasteiger partial charge in [0.05, 0.1) is 25.6 Å². The molecule has 0 fully saturated rings. The number of rotatable bonds is 9. The summed E-state index contributed by atoms with van der Waals surface area (Å²) in [6, 6.07) is 30.5. The third kappa shape index (κ3) is 5.53. The number of fused-ring (bicyclic) bond motifs is 1. The third-order valence-corrected chi connectivity index (χ3v) is 7.95. The lowest BCUT2D eigenvalue weighted by Crippen LogP contribution is -2.03. The summed E-state index contributed by atoms with van der Waals surface area (Å²) in [5.41, 5.74) is 4.79. The van der Waals surface area contributed by atoms with Gasteiger partial charge in [0.15, 0.2) is 5.78 Å². The van der Waals surface area contributed by atoms with Gasteiger partial charge in [0.2, 0.25) is 0 Å². The van der Waals surface area contributed by atoms with Crippen molar-refractivity contribution < 1.29 is 19.0 Å². The first-order chi connectivity index (χ1) is 20.1. The van der Waals surface area contributed by atoms with E-state index >= 15 is 0 Å². The highest BCUT2D eigenvalue weighted by Gasteiger charge is 2.22. The van der Waals surface area contributed by atoms with Gasteiger partial charge in [0, 0.05) is 38.5 Å². The molecule has 202 valence electrons. The van der Waals surface area contributed by atoms with E-state index in [1.165, 1.54) is 0 Å². The average molecular weight is 559 g/mol. The van der Waals surface area contributed by atoms with Gasteiger partial charge in [-0.2, -0.15) is 0 Å². The fourth-order valence-electron chi connectivity index (χ4n) is 4.61. The maximum absolute atomic E-state index is 14.0. The number of thiophene rings is 1. The van der Waals surface area contributed by atoms with Crippen molar-refractivity contribution in [2.24, 2.45) is 0 Å². The largest absolute Gasteiger partial charge is 0.497 e. The summed E-state index contributed by atoms with van der Waals surface area (Å²) in [6.45, 7) is 0.369. The van der Waals surface area contributed by atoms with Crippen LogP contribution in [0.15, 0.2) is 109 Å². The number of ether oxygens (including phenoxy) is 3. The van der Waals surface area contributed by atoms with Crippen LogP contribution in [-0.2, 0) is 6.61 Å². The molecule has 0 amide bonds. The zero-order chi connectivity index (χ0) is 28.2. The Labute approximate surface area is 241 Å². The Balaban J connectivity index is 1.26. The molecule has 6 rings (SSSR count). The van der Waals surface area contributed by atoms with Crippen LogP contribution >= 0.6 is 11.3 Å². The molecule has 6 nitrogen and oxygen atoms in total. The molecule has 3 aromatic heterocycles. The molecule has 0 aliphatic rings. The van der Waals surface area contributed by atoms with E-state index in [1.54, 1.807) is 38.0 Å². The summed E-state index contributed by atoms with van der Waals surface area (Å²) >= 11 is 1.58. The van der Waals surface area contributed by atoms with Gasteiger partial charge in [-0.3, -0.25) is 14.8 Å². The summed E-state index contributed by atoms with van der Waals surface area (Å²) in [5.74, 6) is 2.14. The molecule has 6 aromatic rings. The quantitative estimate of drug-likeness (QED) is 0.168. The molecule has 0 saturated carbocycles. The first kappa shape index (κ1) is 26.2. The van der Waals surface area contributed by atoms with Gasteiger partial charge in [-0.15, -0.1) is 11.3 Å². The maximum atomic E-state index is 14.0. The topological polar surface area (TPSA) is 70.5 Å². The molecule has 3 heterocycles. The average Bonchev–Trinajstić information content (AvgIpc) is 3.43. The first-order valence-electron chi connectivity index (χ1n) is 13.0. The van der Waals surface area contributed by atoms with Crippen LogP contribution in [0, 0.1) is 0 Å². The van der Waals surface area contributed by atoms with Gasteiger partial charge in [0.25, 0.3) is 0 Å². The van der Waals surface area contributed by atoms with E-state index in [0.717, 1.165) is 49.0 Å². The van der Waals surface area contributed by atoms with E-state index in [4.69, 9.17) is 14.2 Å². The fraction of sp³-hybridized carbons (Fsp3) is 0.0882. The zero-order valence-electron chi connectivity index (χ0n) is 22.5. The summed E-state index contributed by atoms with van der Waals surface area (Å²) in [7, 11) is 3.28. The lowest BCUT2D eigenvalue weighted by Gasteiger charge is -2.09. The van der Waals surface area contributed by atoms with Crippen LogP contribution in [0.5, 0.6) is 17.2 Å². The smallest absolute Gasteiger partial charge is 0.195 e. The van der Waals surface area contributed by atoms with Gasteiger partial charge >= 0.3 is 0 Å². The Kier molecular flexibility index (Phi) is 7.43. The second kappa shape index (κ2) is 11.6. The highest BCUT2D eigenvalue weighted by atomic mass is 32.1. The van der Waals surface area contributed by atoms with Crippen molar-refractivity contribution in [3.05, 3.63) is 126 Å². The van der Waals surface area contributed by atoms with Crippen LogP contribution in [0.3, 0.4) is 0 Å². The molecule has 0 N–H and O–H groups in total. The predicted molar refractivity (Wildman–Crippen MR) is 162 cm³/mol. The summed E-state index contributed by atoms with van der Waals surface area (Å²) in [4.78, 5) is 23.6. The van der Waals surface area contributed by atoms with Gasteiger partial charge in [0.1, 0.15) is 23.9 Å². The van der Waals surface area contributed by atoms with E-state index in [0.29, 0.717) is 23.5 Å². The molecule has 0 spiro atoms. The van der Waals surface area contributed by atoms with E-state index < -0.39 is 0 Å². The number of hydrogen-bond donors (Lipinski definition) is 0. The normalized spacial score (nSPS) is 10.9. The molecule has 41 heavy (non-hydrogen) atoms. The minimum atomic E-state index is -0.0482. The predicted octanol–water partition coefficient (Wildman–Crippen LogP) is 7.85. The van der Waals surface area contributed by atoms with Crippen LogP contribution in [-0.4, -0.2) is 30.0 Å². The molecule has 7 heteroatoms. The lowest BCUT2D eigenvalue weighted by molar-refractivity contribution is 0.104. The molecule has 0 aliphatic heterocycles. The number of hydrogen-bond acceptors (Lipinski definition) is 7. The molecule has 3 aromatic carbocycles.